The Kier molecular flexibility index (Phi) is 5.31. The van der Waals surface area contributed by atoms with Crippen molar-refractivity contribution in [2.45, 2.75) is 30.6 Å². The van der Waals surface area contributed by atoms with Gasteiger partial charge in [-0.05, 0) is 0 Å². The normalized spacial score (nSPS) is 17.9. The smallest absolute Gasteiger partial charge is 0.402 e. The number of hydrogen-bond donors (Lipinski definition) is 2. The molecule has 0 fully saturated rings. The van der Waals surface area contributed by atoms with Crippen molar-refractivity contribution in [3.8, 4) is 0 Å². The minimum absolute atomic E-state index is 2.01. The van der Waals surface area contributed by atoms with Crippen LogP contribution < -0.4 is 0 Å². The predicted octanol–water partition coefficient (Wildman–Crippen LogP) is 2.87. The molecule has 23 heavy (non-hydrogen) atoms. The summed E-state index contributed by atoms with van der Waals surface area (Å²) < 4.78 is 164. The average molecular weight is 380 g/mol. The van der Waals surface area contributed by atoms with Gasteiger partial charge >= 0.3 is 43.3 Å². The molecule has 0 aliphatic heterocycles. The van der Waals surface area contributed by atoms with E-state index in [-0.39, 0.29) is 0 Å². The number of hydrogen-bond acceptors (Lipinski definition) is 3. The van der Waals surface area contributed by atoms with Crippen LogP contribution in [0.5, 0.6) is 0 Å². The standard InChI is InChI=1S/C6H2BF13O3/c8-2(6(18,19)20,23-7(21)22)1(3(9,10)11,4(12,13)14)5(15,16)17/h21-22H. The summed E-state index contributed by atoms with van der Waals surface area (Å²) in [7, 11) is -4.40. The topological polar surface area (TPSA) is 49.7 Å². The Hall–Kier alpha value is -0.965. The maximum absolute atomic E-state index is 13.5. The zero-order valence-electron chi connectivity index (χ0n) is 9.79. The van der Waals surface area contributed by atoms with Crippen molar-refractivity contribution in [3.63, 3.8) is 0 Å². The lowest BCUT2D eigenvalue weighted by Gasteiger charge is -2.46. The van der Waals surface area contributed by atoms with E-state index in [0.717, 1.165) is 0 Å². The summed E-state index contributed by atoms with van der Waals surface area (Å²) in [4.78, 5) is 0. The van der Waals surface area contributed by atoms with Gasteiger partial charge in [0.2, 0.25) is 0 Å². The number of alkyl halides is 13. The maximum Gasteiger partial charge on any atom is 0.636 e. The van der Waals surface area contributed by atoms with Gasteiger partial charge in [-0.3, -0.25) is 0 Å². The van der Waals surface area contributed by atoms with Gasteiger partial charge in [0.25, 0.3) is 0 Å². The van der Waals surface area contributed by atoms with Gasteiger partial charge in [-0.15, -0.1) is 0 Å². The van der Waals surface area contributed by atoms with Gasteiger partial charge < -0.3 is 14.7 Å². The van der Waals surface area contributed by atoms with Gasteiger partial charge in [0.15, 0.2) is 0 Å². The number of rotatable bonds is 3. The van der Waals surface area contributed by atoms with Crippen LogP contribution in [0.1, 0.15) is 0 Å². The molecule has 0 amide bonds. The van der Waals surface area contributed by atoms with Crippen molar-refractivity contribution in [1.29, 1.82) is 0 Å². The molecule has 0 aliphatic carbocycles. The van der Waals surface area contributed by atoms with Crippen LogP contribution in [0.4, 0.5) is 57.1 Å². The van der Waals surface area contributed by atoms with Crippen LogP contribution in [0.2, 0.25) is 0 Å². The van der Waals surface area contributed by atoms with Crippen LogP contribution in [0.15, 0.2) is 0 Å². The Morgan fingerprint density at radius 2 is 0.783 bits per heavy atom. The summed E-state index contributed by atoms with van der Waals surface area (Å²) in [6.45, 7) is 0. The minimum Gasteiger partial charge on any atom is -0.402 e. The highest BCUT2D eigenvalue weighted by molar-refractivity contribution is 6.32. The zero-order valence-corrected chi connectivity index (χ0v) is 9.79. The number of halogens is 13. The first-order valence-corrected chi connectivity index (χ1v) is 4.66. The van der Waals surface area contributed by atoms with Crippen LogP contribution in [0, 0.1) is 5.41 Å². The van der Waals surface area contributed by atoms with Crippen molar-refractivity contribution in [3.05, 3.63) is 0 Å². The molecule has 0 heterocycles. The summed E-state index contributed by atoms with van der Waals surface area (Å²) in [5, 5.41) is 15.8. The van der Waals surface area contributed by atoms with Crippen LogP contribution in [-0.2, 0) is 4.65 Å². The van der Waals surface area contributed by atoms with Crippen LogP contribution >= 0.6 is 0 Å². The molecule has 0 aromatic heterocycles. The first-order chi connectivity index (χ1) is 9.67. The molecule has 3 nitrogen and oxygen atoms in total. The molecule has 1 unspecified atom stereocenters. The molecule has 0 rings (SSSR count). The summed E-state index contributed by atoms with van der Waals surface area (Å²) >= 11 is 0. The van der Waals surface area contributed by atoms with E-state index in [0.29, 0.717) is 0 Å². The van der Waals surface area contributed by atoms with Crippen LogP contribution in [-0.4, -0.2) is 47.9 Å². The van der Waals surface area contributed by atoms with E-state index in [1.165, 1.54) is 0 Å². The van der Waals surface area contributed by atoms with E-state index >= 15 is 0 Å². The van der Waals surface area contributed by atoms with Crippen molar-refractivity contribution in [1.82, 2.24) is 0 Å². The second-order valence-corrected chi connectivity index (χ2v) is 3.78. The van der Waals surface area contributed by atoms with Gasteiger partial charge in [-0.1, -0.05) is 0 Å². The molecule has 0 bridgehead atoms. The fourth-order valence-corrected chi connectivity index (χ4v) is 1.54. The molecule has 0 aromatic rings. The third-order valence-corrected chi connectivity index (χ3v) is 2.39. The van der Waals surface area contributed by atoms with Crippen molar-refractivity contribution in [2.75, 3.05) is 0 Å². The van der Waals surface area contributed by atoms with Gasteiger partial charge in [0, 0.05) is 0 Å². The Morgan fingerprint density at radius 3 is 0.913 bits per heavy atom. The summed E-state index contributed by atoms with van der Waals surface area (Å²) in [5.74, 6) is -7.65. The largest absolute Gasteiger partial charge is 0.636 e. The van der Waals surface area contributed by atoms with E-state index in [1.54, 1.807) is 0 Å². The molecule has 1 atom stereocenters. The highest BCUT2D eigenvalue weighted by atomic mass is 19.4. The van der Waals surface area contributed by atoms with Crippen molar-refractivity contribution >= 4 is 7.32 Å². The van der Waals surface area contributed by atoms with Crippen LogP contribution in [0.25, 0.3) is 0 Å². The van der Waals surface area contributed by atoms with E-state index in [4.69, 9.17) is 10.0 Å². The molecule has 2 N–H and O–H groups in total. The molecule has 0 aromatic carbocycles. The lowest BCUT2D eigenvalue weighted by Crippen LogP contribution is -2.75. The van der Waals surface area contributed by atoms with Gasteiger partial charge in [0.05, 0.1) is 0 Å². The Bertz CT molecular complexity index is 383. The van der Waals surface area contributed by atoms with E-state index in [1.807, 2.05) is 4.65 Å². The lowest BCUT2D eigenvalue weighted by molar-refractivity contribution is -0.518. The molecule has 0 radical (unpaired) electrons. The zero-order chi connectivity index (χ0) is 19.3. The molecule has 138 valence electrons. The molecular formula is C6H2BF13O3. The van der Waals surface area contributed by atoms with Crippen molar-refractivity contribution in [2.24, 2.45) is 5.41 Å². The molecule has 17 heteroatoms. The minimum atomic E-state index is -8.15. The van der Waals surface area contributed by atoms with E-state index in [2.05, 4.69) is 0 Å². The van der Waals surface area contributed by atoms with Gasteiger partial charge in [-0.2, -0.15) is 52.7 Å². The van der Waals surface area contributed by atoms with E-state index in [9.17, 15) is 57.1 Å². The highest BCUT2D eigenvalue weighted by Crippen LogP contribution is 2.69. The third-order valence-electron chi connectivity index (χ3n) is 2.39. The average Bonchev–Trinajstić information content (AvgIpc) is 2.05. The van der Waals surface area contributed by atoms with Crippen LogP contribution in [0.3, 0.4) is 0 Å². The Morgan fingerprint density at radius 1 is 0.522 bits per heavy atom. The Labute approximate surface area is 116 Å². The maximum atomic E-state index is 13.5. The summed E-state index contributed by atoms with van der Waals surface area (Å²) in [6, 6.07) is 0. The molecular weight excluding hydrogens is 378 g/mol. The fraction of sp³-hybridized carbons (Fsp3) is 1.00. The SMILES string of the molecule is OB(O)OC(F)(C(F)(F)F)C(C(F)(F)F)(C(F)(F)F)C(F)(F)F. The monoisotopic (exact) mass is 380 g/mol. The van der Waals surface area contributed by atoms with E-state index < -0.39 is 43.3 Å². The first-order valence-electron chi connectivity index (χ1n) is 4.66. The Balaban J connectivity index is 7.13. The molecule has 0 spiro atoms. The second-order valence-electron chi connectivity index (χ2n) is 3.78. The summed E-state index contributed by atoms with van der Waals surface area (Å²) in [6.07, 6.45) is -31.6. The lowest BCUT2D eigenvalue weighted by atomic mass is 9.76. The third kappa shape index (κ3) is 3.17. The van der Waals surface area contributed by atoms with Crippen molar-refractivity contribution < 1.29 is 71.8 Å². The fourth-order valence-electron chi connectivity index (χ4n) is 1.54. The highest BCUT2D eigenvalue weighted by Gasteiger charge is 2.98. The first kappa shape index (κ1) is 22.0. The molecule has 0 aliphatic rings. The van der Waals surface area contributed by atoms with Gasteiger partial charge in [-0.25, -0.2) is 4.39 Å². The molecule has 0 saturated carbocycles. The second kappa shape index (κ2) is 5.54. The summed E-state index contributed by atoms with van der Waals surface area (Å²) in [5.41, 5.74) is -8.15. The molecule has 0 saturated heterocycles. The quantitative estimate of drug-likeness (QED) is 0.585. The van der Waals surface area contributed by atoms with Gasteiger partial charge in [0.1, 0.15) is 0 Å². The predicted molar refractivity (Wildman–Crippen MR) is 41.8 cm³/mol.